The van der Waals surface area contributed by atoms with E-state index in [4.69, 9.17) is 0 Å². The Labute approximate surface area is 105 Å². The Morgan fingerprint density at radius 2 is 2.29 bits per heavy atom. The molecule has 1 aromatic rings. The lowest BCUT2D eigenvalue weighted by molar-refractivity contribution is -0.121. The highest BCUT2D eigenvalue weighted by molar-refractivity contribution is 8.14. The third-order valence-electron chi connectivity index (χ3n) is 2.40. The Bertz CT molecular complexity index is 442. The molecule has 1 N–H and O–H groups in total. The van der Waals surface area contributed by atoms with Crippen LogP contribution in [0.1, 0.15) is 5.56 Å². The summed E-state index contributed by atoms with van der Waals surface area (Å²) in [6, 6.07) is 9.67. The van der Waals surface area contributed by atoms with Crippen LogP contribution < -0.4 is 5.32 Å². The van der Waals surface area contributed by atoms with E-state index in [-0.39, 0.29) is 11.9 Å². The lowest BCUT2D eigenvalue weighted by atomic mass is 10.2. The minimum Gasteiger partial charge on any atom is -0.351 e. The Balaban J connectivity index is 2.04. The molecule has 0 saturated heterocycles. The van der Waals surface area contributed by atoms with Gasteiger partial charge in [0.25, 0.3) is 0 Å². The maximum absolute atomic E-state index is 11.7. The van der Waals surface area contributed by atoms with Crippen LogP contribution in [-0.2, 0) is 4.79 Å². The molecule has 0 aromatic heterocycles. The largest absolute Gasteiger partial charge is 0.351 e. The predicted octanol–water partition coefficient (Wildman–Crippen LogP) is 1.85. The predicted molar refractivity (Wildman–Crippen MR) is 72.4 cm³/mol. The second-order valence-electron chi connectivity index (χ2n) is 3.66. The van der Waals surface area contributed by atoms with E-state index in [0.29, 0.717) is 12.3 Å². The van der Waals surface area contributed by atoms with Gasteiger partial charge in [-0.05, 0) is 0 Å². The van der Waals surface area contributed by atoms with Gasteiger partial charge in [0.2, 0.25) is 5.91 Å². The van der Waals surface area contributed by atoms with Gasteiger partial charge in [-0.1, -0.05) is 36.4 Å². The Hall–Kier alpha value is -1.55. The molecule has 1 unspecified atom stereocenters. The fraction of sp³-hybridized carbons (Fsp3) is 0.231. The normalized spacial score (nSPS) is 18.6. The molecule has 0 fully saturated rings. The average Bonchev–Trinajstić information content (AvgIpc) is 2.86. The number of hydrogen-bond donors (Lipinski definition) is 1. The van der Waals surface area contributed by atoms with Gasteiger partial charge in [0, 0.05) is 17.9 Å². The highest BCUT2D eigenvalue weighted by Crippen LogP contribution is 2.23. The van der Waals surface area contributed by atoms with Crippen molar-refractivity contribution in [3.8, 4) is 0 Å². The van der Waals surface area contributed by atoms with Crippen molar-refractivity contribution in [1.82, 2.24) is 5.32 Å². The van der Waals surface area contributed by atoms with E-state index in [1.807, 2.05) is 30.3 Å². The fourth-order valence-electron chi connectivity index (χ4n) is 1.54. The number of benzene rings is 1. The second-order valence-corrected chi connectivity index (χ2v) is 4.67. The van der Waals surface area contributed by atoms with Crippen LogP contribution in [0.25, 0.3) is 0 Å². The van der Waals surface area contributed by atoms with Gasteiger partial charge in [-0.25, -0.2) is 0 Å². The van der Waals surface area contributed by atoms with Gasteiger partial charge in [0.1, 0.15) is 6.04 Å². The fourth-order valence-corrected chi connectivity index (χ4v) is 2.58. The molecule has 0 bridgehead atoms. The van der Waals surface area contributed by atoms with E-state index in [9.17, 15) is 4.79 Å². The smallest absolute Gasteiger partial charge is 0.245 e. The maximum Gasteiger partial charge on any atom is 0.245 e. The number of carbonyl (C=O) groups is 1. The number of thioether (sulfide) groups is 1. The molecule has 0 spiro atoms. The van der Waals surface area contributed by atoms with Crippen molar-refractivity contribution in [1.29, 1.82) is 0 Å². The molecule has 1 heterocycles. The van der Waals surface area contributed by atoms with E-state index < -0.39 is 0 Å². The Morgan fingerprint density at radius 3 is 3.00 bits per heavy atom. The minimum absolute atomic E-state index is 0.0247. The lowest BCUT2D eigenvalue weighted by Gasteiger charge is -2.04. The summed E-state index contributed by atoms with van der Waals surface area (Å²) in [4.78, 5) is 16.1. The van der Waals surface area contributed by atoms with Crippen molar-refractivity contribution in [2.75, 3.05) is 12.3 Å². The summed E-state index contributed by atoms with van der Waals surface area (Å²) in [5, 5.41) is 3.72. The van der Waals surface area contributed by atoms with Gasteiger partial charge in [-0.15, -0.1) is 18.3 Å². The van der Waals surface area contributed by atoms with E-state index in [1.54, 1.807) is 17.8 Å². The van der Waals surface area contributed by atoms with Crippen molar-refractivity contribution in [3.63, 3.8) is 0 Å². The zero-order valence-corrected chi connectivity index (χ0v) is 10.2. The average molecular weight is 246 g/mol. The summed E-state index contributed by atoms with van der Waals surface area (Å²) in [6.45, 7) is 4.06. The molecule has 1 aliphatic heterocycles. The van der Waals surface area contributed by atoms with Gasteiger partial charge in [0.15, 0.2) is 0 Å². The molecule has 1 amide bonds. The van der Waals surface area contributed by atoms with Gasteiger partial charge in [-0.3, -0.25) is 9.79 Å². The summed E-state index contributed by atoms with van der Waals surface area (Å²) in [5.74, 6) is 0.691. The molecule has 1 aliphatic rings. The summed E-state index contributed by atoms with van der Waals surface area (Å²) in [6.07, 6.45) is 1.67. The SMILES string of the molecule is C=CCNC(=O)C1CSC(c2ccccc2)=N1. The number of nitrogens with zero attached hydrogens (tertiary/aromatic N) is 1. The molecule has 4 heteroatoms. The Kier molecular flexibility index (Phi) is 3.98. The molecule has 1 atom stereocenters. The highest BCUT2D eigenvalue weighted by Gasteiger charge is 2.24. The first-order valence-electron chi connectivity index (χ1n) is 5.46. The number of hydrogen-bond acceptors (Lipinski definition) is 3. The van der Waals surface area contributed by atoms with Crippen LogP contribution in [0, 0.1) is 0 Å². The lowest BCUT2D eigenvalue weighted by Crippen LogP contribution is -2.33. The minimum atomic E-state index is -0.268. The van der Waals surface area contributed by atoms with Crippen LogP contribution in [0.3, 0.4) is 0 Å². The van der Waals surface area contributed by atoms with E-state index in [0.717, 1.165) is 10.6 Å². The molecular formula is C13H14N2OS. The topological polar surface area (TPSA) is 41.5 Å². The van der Waals surface area contributed by atoms with Crippen LogP contribution >= 0.6 is 11.8 Å². The molecule has 2 rings (SSSR count). The number of rotatable bonds is 4. The third kappa shape index (κ3) is 2.97. The molecule has 0 aliphatic carbocycles. The summed E-state index contributed by atoms with van der Waals surface area (Å²) in [5.41, 5.74) is 1.08. The first kappa shape index (κ1) is 11.9. The molecule has 88 valence electrons. The zero-order valence-electron chi connectivity index (χ0n) is 9.43. The highest BCUT2D eigenvalue weighted by atomic mass is 32.2. The second kappa shape index (κ2) is 5.68. The molecule has 1 aromatic carbocycles. The van der Waals surface area contributed by atoms with E-state index >= 15 is 0 Å². The first-order valence-corrected chi connectivity index (χ1v) is 6.44. The Morgan fingerprint density at radius 1 is 1.53 bits per heavy atom. The van der Waals surface area contributed by atoms with E-state index in [2.05, 4.69) is 16.9 Å². The van der Waals surface area contributed by atoms with Crippen molar-refractivity contribution in [3.05, 3.63) is 48.6 Å². The van der Waals surface area contributed by atoms with Crippen molar-refractivity contribution >= 4 is 22.7 Å². The number of amides is 1. The van der Waals surface area contributed by atoms with Crippen LogP contribution in [0.4, 0.5) is 0 Å². The quantitative estimate of drug-likeness (QED) is 0.824. The monoisotopic (exact) mass is 246 g/mol. The van der Waals surface area contributed by atoms with E-state index in [1.165, 1.54) is 0 Å². The number of carbonyl (C=O) groups excluding carboxylic acids is 1. The summed E-state index contributed by atoms with van der Waals surface area (Å²) < 4.78 is 0. The van der Waals surface area contributed by atoms with Crippen molar-refractivity contribution in [2.24, 2.45) is 4.99 Å². The van der Waals surface area contributed by atoms with Crippen LogP contribution in [0.2, 0.25) is 0 Å². The number of nitrogens with one attached hydrogen (secondary N) is 1. The third-order valence-corrected chi connectivity index (χ3v) is 3.49. The van der Waals surface area contributed by atoms with Crippen molar-refractivity contribution in [2.45, 2.75) is 6.04 Å². The number of aliphatic imine (C=N–C) groups is 1. The molecule has 0 saturated carbocycles. The van der Waals surface area contributed by atoms with Gasteiger partial charge in [0.05, 0.1) is 5.04 Å². The van der Waals surface area contributed by atoms with Gasteiger partial charge in [-0.2, -0.15) is 0 Å². The van der Waals surface area contributed by atoms with Crippen LogP contribution in [-0.4, -0.2) is 29.3 Å². The summed E-state index contributed by atoms with van der Waals surface area (Å²) >= 11 is 1.63. The molecule has 0 radical (unpaired) electrons. The van der Waals surface area contributed by atoms with Crippen LogP contribution in [0.15, 0.2) is 48.0 Å². The molecule has 17 heavy (non-hydrogen) atoms. The van der Waals surface area contributed by atoms with Gasteiger partial charge < -0.3 is 5.32 Å². The maximum atomic E-state index is 11.7. The van der Waals surface area contributed by atoms with Crippen molar-refractivity contribution < 1.29 is 4.79 Å². The standard InChI is InChI=1S/C13H14N2OS/c1-2-8-14-12(16)11-9-17-13(15-11)10-6-4-3-5-7-10/h2-7,11H,1,8-9H2,(H,14,16). The first-order chi connectivity index (χ1) is 8.31. The van der Waals surface area contributed by atoms with Crippen LogP contribution in [0.5, 0.6) is 0 Å². The van der Waals surface area contributed by atoms with Gasteiger partial charge >= 0.3 is 0 Å². The molecular weight excluding hydrogens is 232 g/mol. The molecule has 3 nitrogen and oxygen atoms in total. The summed E-state index contributed by atoms with van der Waals surface area (Å²) in [7, 11) is 0. The zero-order chi connectivity index (χ0) is 12.1.